The monoisotopic (exact) mass is 371 g/mol. The van der Waals surface area contributed by atoms with Gasteiger partial charge in [-0.15, -0.1) is 0 Å². The van der Waals surface area contributed by atoms with Crippen LogP contribution in [0.15, 0.2) is 54.7 Å². The van der Waals surface area contributed by atoms with E-state index in [-0.39, 0.29) is 18.3 Å². The fraction of sp³-hybridized carbons (Fsp3) is 0.158. The van der Waals surface area contributed by atoms with Gasteiger partial charge in [-0.25, -0.2) is 4.68 Å². The third-order valence-electron chi connectivity index (χ3n) is 3.64. The number of hydrogen-bond acceptors (Lipinski definition) is 4. The van der Waals surface area contributed by atoms with Crippen LogP contribution in [0.5, 0.6) is 11.5 Å². The summed E-state index contributed by atoms with van der Waals surface area (Å²) in [4.78, 5) is 12.4. The van der Waals surface area contributed by atoms with Crippen molar-refractivity contribution in [3.8, 4) is 11.5 Å². The van der Waals surface area contributed by atoms with Crippen molar-refractivity contribution in [2.24, 2.45) is 0 Å². The number of carbonyl (C=O) groups is 1. The first-order valence-electron chi connectivity index (χ1n) is 7.93. The first kappa shape index (κ1) is 17.8. The zero-order valence-electron chi connectivity index (χ0n) is 14.4. The Bertz CT molecular complexity index is 924. The summed E-state index contributed by atoms with van der Waals surface area (Å²) in [5.74, 6) is 0.895. The zero-order chi connectivity index (χ0) is 18.5. The Kier molecular flexibility index (Phi) is 5.43. The first-order chi connectivity index (χ1) is 12.5. The molecule has 6 nitrogen and oxygen atoms in total. The van der Waals surface area contributed by atoms with Crippen LogP contribution in [0.1, 0.15) is 16.1 Å². The predicted octanol–water partition coefficient (Wildman–Crippen LogP) is 4.14. The quantitative estimate of drug-likeness (QED) is 0.707. The van der Waals surface area contributed by atoms with Gasteiger partial charge in [0.25, 0.3) is 5.91 Å². The molecule has 0 radical (unpaired) electrons. The molecule has 3 aromatic rings. The van der Waals surface area contributed by atoms with E-state index in [2.05, 4.69) is 10.4 Å². The minimum atomic E-state index is -0.324. The normalized spacial score (nSPS) is 10.4. The summed E-state index contributed by atoms with van der Waals surface area (Å²) in [6.45, 7) is 2.11. The number of amides is 1. The highest BCUT2D eigenvalue weighted by Crippen LogP contribution is 2.25. The topological polar surface area (TPSA) is 65.4 Å². The van der Waals surface area contributed by atoms with Crippen molar-refractivity contribution in [2.75, 3.05) is 12.4 Å². The van der Waals surface area contributed by atoms with E-state index in [0.717, 1.165) is 5.56 Å². The molecule has 1 amide bonds. The van der Waals surface area contributed by atoms with Gasteiger partial charge in [-0.05, 0) is 48.9 Å². The summed E-state index contributed by atoms with van der Waals surface area (Å²) in [7, 11) is 1.56. The summed E-state index contributed by atoms with van der Waals surface area (Å²) in [5.41, 5.74) is 1.90. The molecule has 0 bridgehead atoms. The molecule has 1 aromatic heterocycles. The number of methoxy groups -OCH3 is 1. The zero-order valence-corrected chi connectivity index (χ0v) is 15.2. The summed E-state index contributed by atoms with van der Waals surface area (Å²) in [5, 5.41) is 7.64. The number of nitrogens with zero attached hydrogens (tertiary/aromatic N) is 2. The van der Waals surface area contributed by atoms with Gasteiger partial charge in [0.1, 0.15) is 11.5 Å². The van der Waals surface area contributed by atoms with Gasteiger partial charge in [-0.3, -0.25) is 4.79 Å². The summed E-state index contributed by atoms with van der Waals surface area (Å²) < 4.78 is 12.4. The number of benzene rings is 2. The molecule has 134 valence electrons. The Labute approximate surface area is 156 Å². The minimum absolute atomic E-state index is 0.168. The third-order valence-corrected chi connectivity index (χ3v) is 3.87. The van der Waals surface area contributed by atoms with Crippen molar-refractivity contribution in [3.05, 3.63) is 71.0 Å². The molecular formula is C19H18ClN3O3. The summed E-state index contributed by atoms with van der Waals surface area (Å²) >= 11 is 5.92. The predicted molar refractivity (Wildman–Crippen MR) is 100.0 cm³/mol. The molecule has 0 aliphatic carbocycles. The number of hydrogen-bond donors (Lipinski definition) is 1. The van der Waals surface area contributed by atoms with Gasteiger partial charge in [-0.1, -0.05) is 23.7 Å². The second kappa shape index (κ2) is 7.93. The van der Waals surface area contributed by atoms with Crippen LogP contribution in [0, 0.1) is 6.92 Å². The maximum atomic E-state index is 12.4. The molecule has 1 heterocycles. The molecule has 3 rings (SSSR count). The SMILES string of the molecule is COc1ccc(C)cc1NC(=O)c1ccn(COc2cccc(Cl)c2)n1. The maximum Gasteiger partial charge on any atom is 0.276 e. The molecule has 7 heteroatoms. The van der Waals surface area contributed by atoms with Crippen LogP contribution >= 0.6 is 11.6 Å². The molecule has 0 unspecified atom stereocenters. The lowest BCUT2D eigenvalue weighted by atomic mass is 10.2. The number of nitrogens with one attached hydrogen (secondary N) is 1. The number of ether oxygens (including phenoxy) is 2. The average molecular weight is 372 g/mol. The van der Waals surface area contributed by atoms with E-state index < -0.39 is 0 Å². The number of anilines is 1. The number of halogens is 1. The minimum Gasteiger partial charge on any atom is -0.495 e. The van der Waals surface area contributed by atoms with Crippen LogP contribution in [0.4, 0.5) is 5.69 Å². The molecular weight excluding hydrogens is 354 g/mol. The number of aryl methyl sites for hydroxylation is 1. The molecule has 0 spiro atoms. The second-order valence-corrected chi connectivity index (χ2v) is 6.07. The molecule has 1 N–H and O–H groups in total. The van der Waals surface area contributed by atoms with Gasteiger partial charge >= 0.3 is 0 Å². The summed E-state index contributed by atoms with van der Waals surface area (Å²) in [6.07, 6.45) is 1.67. The van der Waals surface area contributed by atoms with Crippen LogP contribution in [-0.2, 0) is 6.73 Å². The molecule has 26 heavy (non-hydrogen) atoms. The first-order valence-corrected chi connectivity index (χ1v) is 8.31. The molecule has 0 saturated heterocycles. The Hall–Kier alpha value is -2.99. The van der Waals surface area contributed by atoms with Crippen molar-refractivity contribution in [1.29, 1.82) is 0 Å². The highest BCUT2D eigenvalue weighted by molar-refractivity contribution is 6.30. The highest BCUT2D eigenvalue weighted by Gasteiger charge is 2.13. The standard InChI is InChI=1S/C19H18ClN3O3/c1-13-6-7-18(25-2)17(10-13)21-19(24)16-8-9-23(22-16)12-26-15-5-3-4-14(20)11-15/h3-11H,12H2,1-2H3,(H,21,24). The smallest absolute Gasteiger partial charge is 0.276 e. The Morgan fingerprint density at radius 2 is 2.08 bits per heavy atom. The average Bonchev–Trinajstić information content (AvgIpc) is 3.09. The number of carbonyl (C=O) groups excluding carboxylic acids is 1. The van der Waals surface area contributed by atoms with E-state index in [1.54, 1.807) is 43.6 Å². The fourth-order valence-electron chi connectivity index (χ4n) is 2.36. The van der Waals surface area contributed by atoms with Crippen LogP contribution in [0.25, 0.3) is 0 Å². The molecule has 0 fully saturated rings. The van der Waals surface area contributed by atoms with Gasteiger partial charge < -0.3 is 14.8 Å². The lowest BCUT2D eigenvalue weighted by Gasteiger charge is -2.10. The fourth-order valence-corrected chi connectivity index (χ4v) is 2.54. The molecule has 0 saturated carbocycles. The van der Waals surface area contributed by atoms with Crippen molar-refractivity contribution in [1.82, 2.24) is 9.78 Å². The highest BCUT2D eigenvalue weighted by atomic mass is 35.5. The summed E-state index contributed by atoms with van der Waals surface area (Å²) in [6, 6.07) is 14.3. The van der Waals surface area contributed by atoms with E-state index >= 15 is 0 Å². The largest absolute Gasteiger partial charge is 0.495 e. The van der Waals surface area contributed by atoms with Gasteiger partial charge in [0.05, 0.1) is 12.8 Å². The molecule has 0 aliphatic rings. The van der Waals surface area contributed by atoms with E-state index in [1.165, 1.54) is 4.68 Å². The Morgan fingerprint density at radius 1 is 1.23 bits per heavy atom. The van der Waals surface area contributed by atoms with Gasteiger partial charge in [0.15, 0.2) is 12.4 Å². The van der Waals surface area contributed by atoms with Crippen molar-refractivity contribution in [3.63, 3.8) is 0 Å². The van der Waals surface area contributed by atoms with Crippen LogP contribution < -0.4 is 14.8 Å². The Morgan fingerprint density at radius 3 is 2.85 bits per heavy atom. The van der Waals surface area contributed by atoms with Gasteiger partial charge in [0.2, 0.25) is 0 Å². The molecule has 2 aromatic carbocycles. The number of rotatable bonds is 6. The maximum absolute atomic E-state index is 12.4. The van der Waals surface area contributed by atoms with Gasteiger partial charge in [0, 0.05) is 11.2 Å². The van der Waals surface area contributed by atoms with Gasteiger partial charge in [-0.2, -0.15) is 5.10 Å². The van der Waals surface area contributed by atoms with Crippen LogP contribution in [-0.4, -0.2) is 22.8 Å². The van der Waals surface area contributed by atoms with Crippen molar-refractivity contribution in [2.45, 2.75) is 13.7 Å². The lowest BCUT2D eigenvalue weighted by molar-refractivity contribution is 0.102. The van der Waals surface area contributed by atoms with E-state index in [9.17, 15) is 4.79 Å². The molecule has 0 aliphatic heterocycles. The van der Waals surface area contributed by atoms with Crippen LogP contribution in [0.2, 0.25) is 5.02 Å². The van der Waals surface area contributed by atoms with Crippen molar-refractivity contribution >= 4 is 23.2 Å². The van der Waals surface area contributed by atoms with E-state index in [1.807, 2.05) is 25.1 Å². The van der Waals surface area contributed by atoms with Crippen LogP contribution in [0.3, 0.4) is 0 Å². The van der Waals surface area contributed by atoms with E-state index in [0.29, 0.717) is 22.2 Å². The van der Waals surface area contributed by atoms with Crippen molar-refractivity contribution < 1.29 is 14.3 Å². The number of aromatic nitrogens is 2. The Balaban J connectivity index is 1.65. The van der Waals surface area contributed by atoms with E-state index in [4.69, 9.17) is 21.1 Å². The molecule has 0 atom stereocenters. The second-order valence-electron chi connectivity index (χ2n) is 5.63. The third kappa shape index (κ3) is 4.34. The lowest BCUT2D eigenvalue weighted by Crippen LogP contribution is -2.15.